The molecule has 100 valence electrons. The number of rotatable bonds is 5. The number of amides is 2. The summed E-state index contributed by atoms with van der Waals surface area (Å²) in [6.07, 6.45) is 1.46. The van der Waals surface area contributed by atoms with Gasteiger partial charge < -0.3 is 15.7 Å². The van der Waals surface area contributed by atoms with E-state index in [9.17, 15) is 4.79 Å². The Bertz CT molecular complexity index is 410. The van der Waals surface area contributed by atoms with E-state index in [2.05, 4.69) is 26.6 Å². The summed E-state index contributed by atoms with van der Waals surface area (Å²) in [5.41, 5.74) is 1.87. The molecule has 0 spiro atoms. The zero-order chi connectivity index (χ0) is 13.5. The van der Waals surface area contributed by atoms with E-state index in [1.165, 1.54) is 0 Å². The normalized spacial score (nSPS) is 12.0. The maximum absolute atomic E-state index is 11.7. The Morgan fingerprint density at radius 1 is 1.50 bits per heavy atom. The lowest BCUT2D eigenvalue weighted by atomic mass is 10.2. The van der Waals surface area contributed by atoms with E-state index in [0.717, 1.165) is 22.1 Å². The molecule has 5 heteroatoms. The first-order valence-electron chi connectivity index (χ1n) is 5.97. The Balaban J connectivity index is 2.46. The number of benzene rings is 1. The van der Waals surface area contributed by atoms with Gasteiger partial charge in [-0.3, -0.25) is 0 Å². The van der Waals surface area contributed by atoms with E-state index in [-0.39, 0.29) is 18.7 Å². The molecule has 1 unspecified atom stereocenters. The van der Waals surface area contributed by atoms with Gasteiger partial charge in [0.2, 0.25) is 0 Å². The molecule has 1 rings (SSSR count). The van der Waals surface area contributed by atoms with Crippen molar-refractivity contribution < 1.29 is 9.90 Å². The van der Waals surface area contributed by atoms with Crippen molar-refractivity contribution in [1.29, 1.82) is 0 Å². The fraction of sp³-hybridized carbons (Fsp3) is 0.462. The number of carbonyl (C=O) groups excluding carboxylic acids is 1. The molecule has 0 aliphatic rings. The molecule has 4 nitrogen and oxygen atoms in total. The number of aliphatic hydroxyl groups excluding tert-OH is 1. The first-order chi connectivity index (χ1) is 8.52. The van der Waals surface area contributed by atoms with E-state index in [1.807, 2.05) is 32.0 Å². The number of anilines is 1. The molecule has 2 amide bonds. The van der Waals surface area contributed by atoms with Crippen molar-refractivity contribution in [2.45, 2.75) is 32.7 Å². The van der Waals surface area contributed by atoms with Crippen LogP contribution in [-0.2, 0) is 0 Å². The minimum atomic E-state index is -0.226. The summed E-state index contributed by atoms with van der Waals surface area (Å²) in [4.78, 5) is 11.7. The minimum absolute atomic E-state index is 0.0473. The van der Waals surface area contributed by atoms with E-state index >= 15 is 0 Å². The van der Waals surface area contributed by atoms with Gasteiger partial charge in [-0.15, -0.1) is 0 Å². The van der Waals surface area contributed by atoms with Gasteiger partial charge in [-0.05, 0) is 44.4 Å². The van der Waals surface area contributed by atoms with Gasteiger partial charge in [0, 0.05) is 22.8 Å². The van der Waals surface area contributed by atoms with Crippen molar-refractivity contribution in [1.82, 2.24) is 5.32 Å². The van der Waals surface area contributed by atoms with Crippen molar-refractivity contribution in [2.24, 2.45) is 0 Å². The fourth-order valence-electron chi connectivity index (χ4n) is 1.53. The fourth-order valence-corrected chi connectivity index (χ4v) is 1.91. The van der Waals surface area contributed by atoms with Crippen LogP contribution in [0.1, 0.15) is 25.3 Å². The van der Waals surface area contributed by atoms with Gasteiger partial charge in [-0.25, -0.2) is 4.79 Å². The van der Waals surface area contributed by atoms with Gasteiger partial charge in [0.05, 0.1) is 0 Å². The first kappa shape index (κ1) is 15.0. The lowest BCUT2D eigenvalue weighted by Crippen LogP contribution is -2.36. The quantitative estimate of drug-likeness (QED) is 0.782. The number of urea groups is 1. The maximum Gasteiger partial charge on any atom is 0.319 e. The number of aliphatic hydroxyl groups is 1. The van der Waals surface area contributed by atoms with Gasteiger partial charge in [-0.2, -0.15) is 0 Å². The number of aryl methyl sites for hydroxylation is 1. The molecular formula is C13H19BrN2O2. The number of nitrogens with one attached hydrogen (secondary N) is 2. The van der Waals surface area contributed by atoms with Crippen LogP contribution >= 0.6 is 15.9 Å². The molecule has 0 saturated carbocycles. The topological polar surface area (TPSA) is 61.4 Å². The molecule has 1 atom stereocenters. The smallest absolute Gasteiger partial charge is 0.319 e. The Hall–Kier alpha value is -1.07. The summed E-state index contributed by atoms with van der Waals surface area (Å²) < 4.78 is 0.966. The van der Waals surface area contributed by atoms with Crippen LogP contribution in [0.4, 0.5) is 10.5 Å². The number of hydrogen-bond acceptors (Lipinski definition) is 2. The summed E-state index contributed by atoms with van der Waals surface area (Å²) in [5.74, 6) is 0. The third-order valence-electron chi connectivity index (χ3n) is 2.60. The van der Waals surface area contributed by atoms with E-state index in [4.69, 9.17) is 5.11 Å². The van der Waals surface area contributed by atoms with Gasteiger partial charge >= 0.3 is 6.03 Å². The van der Waals surface area contributed by atoms with Crippen LogP contribution in [0.2, 0.25) is 0 Å². The highest BCUT2D eigenvalue weighted by molar-refractivity contribution is 9.10. The highest BCUT2D eigenvalue weighted by atomic mass is 79.9. The molecule has 1 aromatic rings. The van der Waals surface area contributed by atoms with Crippen LogP contribution in [0.5, 0.6) is 0 Å². The second kappa shape index (κ2) is 7.38. The van der Waals surface area contributed by atoms with Gasteiger partial charge in [0.15, 0.2) is 0 Å². The largest absolute Gasteiger partial charge is 0.396 e. The van der Waals surface area contributed by atoms with Crippen LogP contribution in [0.3, 0.4) is 0 Å². The molecule has 0 aliphatic carbocycles. The Morgan fingerprint density at radius 2 is 2.22 bits per heavy atom. The second-order valence-electron chi connectivity index (χ2n) is 4.33. The van der Waals surface area contributed by atoms with Crippen LogP contribution in [0.15, 0.2) is 22.7 Å². The lowest BCUT2D eigenvalue weighted by molar-refractivity contribution is 0.245. The molecular weight excluding hydrogens is 296 g/mol. The van der Waals surface area contributed by atoms with Crippen molar-refractivity contribution in [3.05, 3.63) is 28.2 Å². The molecule has 0 fully saturated rings. The summed E-state index contributed by atoms with van der Waals surface area (Å²) in [6.45, 7) is 4.06. The second-order valence-corrected chi connectivity index (χ2v) is 5.18. The Labute approximate surface area is 116 Å². The number of halogens is 1. The third kappa shape index (κ3) is 5.06. The molecule has 0 saturated heterocycles. The number of carbonyl (C=O) groups is 1. The molecule has 18 heavy (non-hydrogen) atoms. The Morgan fingerprint density at radius 3 is 2.83 bits per heavy atom. The van der Waals surface area contributed by atoms with Crippen molar-refractivity contribution in [2.75, 3.05) is 11.9 Å². The zero-order valence-electron chi connectivity index (χ0n) is 10.7. The molecule has 1 aromatic carbocycles. The summed E-state index contributed by atoms with van der Waals surface area (Å²) in [5, 5.41) is 14.3. The first-order valence-corrected chi connectivity index (χ1v) is 6.76. The molecule has 0 heterocycles. The zero-order valence-corrected chi connectivity index (χ0v) is 12.3. The molecule has 0 aliphatic heterocycles. The minimum Gasteiger partial charge on any atom is -0.396 e. The van der Waals surface area contributed by atoms with Crippen molar-refractivity contribution >= 4 is 27.6 Å². The monoisotopic (exact) mass is 314 g/mol. The van der Waals surface area contributed by atoms with Gasteiger partial charge in [0.25, 0.3) is 0 Å². The standard InChI is InChI=1S/C13H19BrN2O2/c1-9-5-6-11(8-12(9)14)16-13(18)15-10(2)4-3-7-17/h5-6,8,10,17H,3-4,7H2,1-2H3,(H2,15,16,18). The molecule has 0 bridgehead atoms. The maximum atomic E-state index is 11.7. The predicted molar refractivity (Wildman–Crippen MR) is 76.8 cm³/mol. The van der Waals surface area contributed by atoms with Crippen LogP contribution < -0.4 is 10.6 Å². The third-order valence-corrected chi connectivity index (χ3v) is 3.46. The molecule has 0 aromatic heterocycles. The molecule has 0 radical (unpaired) electrons. The molecule has 3 N–H and O–H groups in total. The van der Waals surface area contributed by atoms with E-state index in [1.54, 1.807) is 0 Å². The van der Waals surface area contributed by atoms with E-state index < -0.39 is 0 Å². The number of hydrogen-bond donors (Lipinski definition) is 3. The lowest BCUT2D eigenvalue weighted by Gasteiger charge is -2.14. The van der Waals surface area contributed by atoms with Crippen LogP contribution in [-0.4, -0.2) is 23.8 Å². The average Bonchev–Trinajstić information content (AvgIpc) is 2.31. The van der Waals surface area contributed by atoms with Crippen molar-refractivity contribution in [3.8, 4) is 0 Å². The predicted octanol–water partition coefficient (Wildman–Crippen LogP) is 3.04. The summed E-state index contributed by atoms with van der Waals surface area (Å²) in [6, 6.07) is 5.49. The van der Waals surface area contributed by atoms with Crippen molar-refractivity contribution in [3.63, 3.8) is 0 Å². The average molecular weight is 315 g/mol. The SMILES string of the molecule is Cc1ccc(NC(=O)NC(C)CCCO)cc1Br. The van der Waals surface area contributed by atoms with E-state index in [0.29, 0.717) is 6.42 Å². The van der Waals surface area contributed by atoms with Gasteiger partial charge in [0.1, 0.15) is 0 Å². The van der Waals surface area contributed by atoms with Crippen LogP contribution in [0, 0.1) is 6.92 Å². The highest BCUT2D eigenvalue weighted by Gasteiger charge is 2.07. The van der Waals surface area contributed by atoms with Crippen LogP contribution in [0.25, 0.3) is 0 Å². The summed E-state index contributed by atoms with van der Waals surface area (Å²) >= 11 is 3.42. The highest BCUT2D eigenvalue weighted by Crippen LogP contribution is 2.20. The Kier molecular flexibility index (Phi) is 6.15. The van der Waals surface area contributed by atoms with Gasteiger partial charge in [-0.1, -0.05) is 22.0 Å². The summed E-state index contributed by atoms with van der Waals surface area (Å²) in [7, 11) is 0.